The van der Waals surface area contributed by atoms with Gasteiger partial charge in [0.15, 0.2) is 0 Å². The Morgan fingerprint density at radius 1 is 1.19 bits per heavy atom. The molecule has 2 aliphatic rings. The first-order chi connectivity index (χ1) is 12.8. The van der Waals surface area contributed by atoms with Gasteiger partial charge in [0, 0.05) is 36.1 Å². The van der Waals surface area contributed by atoms with E-state index in [1.807, 2.05) is 6.07 Å². The Hall–Kier alpha value is -2.46. The Morgan fingerprint density at radius 2 is 2.15 bits per heavy atom. The summed E-state index contributed by atoms with van der Waals surface area (Å²) in [4.78, 5) is 6.11. The third kappa shape index (κ3) is 2.65. The summed E-state index contributed by atoms with van der Waals surface area (Å²) >= 11 is 0. The summed E-state index contributed by atoms with van der Waals surface area (Å²) in [6, 6.07) is 12.9. The number of para-hydroxylation sites is 1. The van der Waals surface area contributed by atoms with Crippen LogP contribution in [-0.4, -0.2) is 30.1 Å². The summed E-state index contributed by atoms with van der Waals surface area (Å²) in [5.74, 6) is 2.08. The molecule has 0 atom stereocenters. The monoisotopic (exact) mass is 348 g/mol. The van der Waals surface area contributed by atoms with Crippen molar-refractivity contribution in [2.24, 2.45) is 0 Å². The topological polar surface area (TPSA) is 37.5 Å². The Kier molecular flexibility index (Phi) is 3.86. The fourth-order valence-corrected chi connectivity index (χ4v) is 4.36. The lowest BCUT2D eigenvalue weighted by Crippen LogP contribution is -2.18. The fourth-order valence-electron chi connectivity index (χ4n) is 4.36. The summed E-state index contributed by atoms with van der Waals surface area (Å²) < 4.78 is 11.2. The van der Waals surface area contributed by atoms with Crippen molar-refractivity contribution in [1.82, 2.24) is 9.88 Å². The van der Waals surface area contributed by atoms with Crippen molar-refractivity contribution in [3.05, 3.63) is 58.8 Å². The summed E-state index contributed by atoms with van der Waals surface area (Å²) in [7, 11) is 1.73. The molecule has 26 heavy (non-hydrogen) atoms. The molecule has 2 aliphatic heterocycles. The van der Waals surface area contributed by atoms with E-state index in [4.69, 9.17) is 9.47 Å². The molecule has 1 aromatic heterocycles. The number of hydrogen-bond donors (Lipinski definition) is 1. The zero-order chi connectivity index (χ0) is 17.5. The predicted octanol–water partition coefficient (Wildman–Crippen LogP) is 4.06. The minimum absolute atomic E-state index is 0.837. The molecule has 5 rings (SSSR count). The van der Waals surface area contributed by atoms with Crippen LogP contribution in [0.5, 0.6) is 11.5 Å². The number of methoxy groups -OCH3 is 1. The molecule has 0 aliphatic carbocycles. The van der Waals surface area contributed by atoms with Crippen LogP contribution in [0.1, 0.15) is 28.8 Å². The Balaban J connectivity index is 1.25. The van der Waals surface area contributed by atoms with Gasteiger partial charge in [0.1, 0.15) is 11.5 Å². The number of ether oxygens (including phenoxy) is 2. The van der Waals surface area contributed by atoms with E-state index in [9.17, 15) is 0 Å². The molecule has 1 N–H and O–H groups in total. The zero-order valence-corrected chi connectivity index (χ0v) is 15.2. The number of nitrogens with one attached hydrogen (secondary N) is 1. The Bertz CT molecular complexity index is 960. The van der Waals surface area contributed by atoms with Crippen LogP contribution < -0.4 is 9.47 Å². The number of rotatable bonds is 5. The average molecular weight is 348 g/mol. The largest absolute Gasteiger partial charge is 0.497 e. The van der Waals surface area contributed by atoms with Crippen LogP contribution in [0.2, 0.25) is 0 Å². The number of benzene rings is 2. The van der Waals surface area contributed by atoms with Crippen LogP contribution in [0.3, 0.4) is 0 Å². The minimum Gasteiger partial charge on any atom is -0.497 e. The first-order valence-corrected chi connectivity index (χ1v) is 9.45. The highest BCUT2D eigenvalue weighted by Crippen LogP contribution is 2.33. The van der Waals surface area contributed by atoms with Crippen LogP contribution in [0.15, 0.2) is 36.4 Å². The van der Waals surface area contributed by atoms with Crippen molar-refractivity contribution in [2.75, 3.05) is 20.3 Å². The van der Waals surface area contributed by atoms with Gasteiger partial charge in [-0.05, 0) is 54.3 Å². The van der Waals surface area contributed by atoms with Crippen LogP contribution in [0.25, 0.3) is 10.9 Å². The first kappa shape index (κ1) is 15.8. The number of H-pyrrole nitrogens is 1. The molecule has 0 amide bonds. The van der Waals surface area contributed by atoms with Gasteiger partial charge in [-0.2, -0.15) is 0 Å². The number of aromatic nitrogens is 1. The standard InChI is InChI=1S/C22H24N2O2/c1-25-17-7-8-20-18(12-17)19-13-24(14-21(19)23-20)10-3-6-15-4-2-5-16-9-11-26-22(15)16/h2,4-5,7-8,12,23H,3,6,9-11,13-14H2,1H3. The highest BCUT2D eigenvalue weighted by molar-refractivity contribution is 5.86. The molecule has 134 valence electrons. The molecular weight excluding hydrogens is 324 g/mol. The number of fused-ring (bicyclic) bond motifs is 4. The number of nitrogens with zero attached hydrogens (tertiary/aromatic N) is 1. The summed E-state index contributed by atoms with van der Waals surface area (Å²) in [5, 5.41) is 1.30. The fraction of sp³-hybridized carbons (Fsp3) is 0.364. The second kappa shape index (κ2) is 6.36. The molecule has 0 spiro atoms. The molecule has 0 bridgehead atoms. The molecule has 2 aromatic carbocycles. The Morgan fingerprint density at radius 3 is 3.08 bits per heavy atom. The van der Waals surface area contributed by atoms with Gasteiger partial charge in [0.05, 0.1) is 13.7 Å². The lowest BCUT2D eigenvalue weighted by molar-refractivity contribution is 0.278. The van der Waals surface area contributed by atoms with Gasteiger partial charge >= 0.3 is 0 Å². The van der Waals surface area contributed by atoms with Gasteiger partial charge in [-0.1, -0.05) is 18.2 Å². The van der Waals surface area contributed by atoms with Crippen LogP contribution >= 0.6 is 0 Å². The van der Waals surface area contributed by atoms with Gasteiger partial charge in [-0.3, -0.25) is 4.90 Å². The lowest BCUT2D eigenvalue weighted by atomic mass is 10.0. The van der Waals surface area contributed by atoms with Gasteiger partial charge in [-0.15, -0.1) is 0 Å². The SMILES string of the molecule is COc1ccc2[nH]c3c(c2c1)CN(CCCc1cccc2c1OCC2)C3. The predicted molar refractivity (Wildman–Crippen MR) is 103 cm³/mol. The van der Waals surface area contributed by atoms with E-state index in [0.29, 0.717) is 0 Å². The molecule has 4 nitrogen and oxygen atoms in total. The van der Waals surface area contributed by atoms with E-state index in [1.165, 1.54) is 33.3 Å². The van der Waals surface area contributed by atoms with Gasteiger partial charge in [0.2, 0.25) is 0 Å². The number of hydrogen-bond acceptors (Lipinski definition) is 3. The van der Waals surface area contributed by atoms with Crippen LogP contribution in [0, 0.1) is 0 Å². The maximum atomic E-state index is 5.83. The molecule has 0 unspecified atom stereocenters. The normalized spacial score (nSPS) is 15.9. The van der Waals surface area contributed by atoms with Crippen molar-refractivity contribution in [3.63, 3.8) is 0 Å². The highest BCUT2D eigenvalue weighted by Gasteiger charge is 2.23. The van der Waals surface area contributed by atoms with Crippen molar-refractivity contribution in [3.8, 4) is 11.5 Å². The molecule has 0 saturated heterocycles. The first-order valence-electron chi connectivity index (χ1n) is 9.45. The molecular formula is C22H24N2O2. The molecule has 3 heterocycles. The average Bonchev–Trinajstić information content (AvgIpc) is 3.35. The maximum Gasteiger partial charge on any atom is 0.125 e. The number of aryl methyl sites for hydroxylation is 1. The summed E-state index contributed by atoms with van der Waals surface area (Å²) in [5.41, 5.74) is 6.75. The van der Waals surface area contributed by atoms with E-state index in [1.54, 1.807) is 7.11 Å². The second-order valence-corrected chi connectivity index (χ2v) is 7.31. The van der Waals surface area contributed by atoms with Gasteiger partial charge < -0.3 is 14.5 Å². The quantitative estimate of drug-likeness (QED) is 0.755. The van der Waals surface area contributed by atoms with Gasteiger partial charge in [0.25, 0.3) is 0 Å². The van der Waals surface area contributed by atoms with Crippen LogP contribution in [0.4, 0.5) is 0 Å². The summed E-state index contributed by atoms with van der Waals surface area (Å²) in [6.07, 6.45) is 3.30. The summed E-state index contributed by atoms with van der Waals surface area (Å²) in [6.45, 7) is 3.98. The molecule has 4 heteroatoms. The molecule has 0 radical (unpaired) electrons. The van der Waals surface area contributed by atoms with E-state index in [0.717, 1.165) is 57.0 Å². The van der Waals surface area contributed by atoms with E-state index >= 15 is 0 Å². The molecule has 0 saturated carbocycles. The number of aromatic amines is 1. The second-order valence-electron chi connectivity index (χ2n) is 7.31. The van der Waals surface area contributed by atoms with E-state index < -0.39 is 0 Å². The molecule has 0 fully saturated rings. The van der Waals surface area contributed by atoms with Gasteiger partial charge in [-0.25, -0.2) is 0 Å². The molecule has 3 aromatic rings. The third-order valence-electron chi connectivity index (χ3n) is 5.68. The Labute approximate surface area is 153 Å². The van der Waals surface area contributed by atoms with Crippen molar-refractivity contribution in [1.29, 1.82) is 0 Å². The third-order valence-corrected chi connectivity index (χ3v) is 5.68. The van der Waals surface area contributed by atoms with Crippen molar-refractivity contribution < 1.29 is 9.47 Å². The van der Waals surface area contributed by atoms with Crippen molar-refractivity contribution in [2.45, 2.75) is 32.4 Å². The van der Waals surface area contributed by atoms with Crippen molar-refractivity contribution >= 4 is 10.9 Å². The maximum absolute atomic E-state index is 5.83. The minimum atomic E-state index is 0.837. The van der Waals surface area contributed by atoms with E-state index in [-0.39, 0.29) is 0 Å². The lowest BCUT2D eigenvalue weighted by Gasteiger charge is -2.16. The smallest absolute Gasteiger partial charge is 0.125 e. The van der Waals surface area contributed by atoms with Crippen LogP contribution in [-0.2, 0) is 25.9 Å². The van der Waals surface area contributed by atoms with E-state index in [2.05, 4.69) is 40.2 Å². The zero-order valence-electron chi connectivity index (χ0n) is 15.2. The highest BCUT2D eigenvalue weighted by atomic mass is 16.5.